The zero-order chi connectivity index (χ0) is 15.5. The molecule has 0 aromatic carbocycles. The van der Waals surface area contributed by atoms with Crippen LogP contribution in [0.25, 0.3) is 0 Å². The van der Waals surface area contributed by atoms with E-state index in [4.69, 9.17) is 0 Å². The van der Waals surface area contributed by atoms with E-state index in [1.165, 1.54) is 31.3 Å². The average Bonchev–Trinajstić information content (AvgIpc) is 2.76. The van der Waals surface area contributed by atoms with E-state index >= 15 is 0 Å². The Labute approximate surface area is 134 Å². The van der Waals surface area contributed by atoms with E-state index in [9.17, 15) is 4.79 Å². The molecule has 120 valence electrons. The van der Waals surface area contributed by atoms with Crippen molar-refractivity contribution in [3.63, 3.8) is 0 Å². The van der Waals surface area contributed by atoms with Crippen molar-refractivity contribution in [2.24, 2.45) is 29.1 Å². The molecule has 0 amide bonds. The van der Waals surface area contributed by atoms with Gasteiger partial charge in [-0.25, -0.2) is 0 Å². The molecule has 1 saturated heterocycles. The van der Waals surface area contributed by atoms with Crippen LogP contribution in [0.2, 0.25) is 0 Å². The number of aldehydes is 1. The highest BCUT2D eigenvalue weighted by Crippen LogP contribution is 2.66. The normalized spacial score (nSPS) is 54.9. The van der Waals surface area contributed by atoms with Gasteiger partial charge in [0.15, 0.2) is 0 Å². The quantitative estimate of drug-likeness (QED) is 0.476. The molecule has 0 aromatic rings. The molecule has 0 bridgehead atoms. The third-order valence-corrected chi connectivity index (χ3v) is 7.88. The third-order valence-electron chi connectivity index (χ3n) is 7.88. The number of carbonyl (C=O) groups is 1. The first-order valence-electron chi connectivity index (χ1n) is 9.13. The van der Waals surface area contributed by atoms with Crippen LogP contribution in [0.5, 0.6) is 0 Å². The van der Waals surface area contributed by atoms with E-state index in [0.29, 0.717) is 17.4 Å². The number of nitrogens with one attached hydrogen (secondary N) is 1. The molecule has 0 spiro atoms. The fraction of sp³-hybridized carbons (Fsp3) is 0.750. The van der Waals surface area contributed by atoms with Gasteiger partial charge in [0.1, 0.15) is 6.29 Å². The molecule has 1 N–H and O–H groups in total. The van der Waals surface area contributed by atoms with E-state index in [0.717, 1.165) is 30.5 Å². The maximum absolute atomic E-state index is 11.1. The first-order chi connectivity index (χ1) is 10.6. The lowest BCUT2D eigenvalue weighted by Gasteiger charge is -2.68. The monoisotopic (exact) mass is 299 g/mol. The number of hydrogen-bond acceptors (Lipinski definition) is 2. The third kappa shape index (κ3) is 1.62. The van der Waals surface area contributed by atoms with Crippen molar-refractivity contribution in [2.45, 2.75) is 64.5 Å². The smallest absolute Gasteiger partial charge is 0.142 e. The topological polar surface area (TPSA) is 29.1 Å². The van der Waals surface area contributed by atoms with E-state index in [-0.39, 0.29) is 5.54 Å². The molecule has 7 unspecified atom stereocenters. The standard InChI is InChI=1S/C20H29NO/c1-4-10-20-14(9-11-22)6-7-15-16-8-5-13(2)19(16,3)12-17(21-20)18(15)20/h4,9-11,13,15-18,21H,5-8,12H2,1-3H3/b10-4-,14-9-. The van der Waals surface area contributed by atoms with Crippen molar-refractivity contribution in [1.29, 1.82) is 0 Å². The number of fused-ring (bicyclic) bond motifs is 2. The lowest BCUT2D eigenvalue weighted by Crippen LogP contribution is -2.78. The summed E-state index contributed by atoms with van der Waals surface area (Å²) >= 11 is 0. The zero-order valence-electron chi connectivity index (χ0n) is 14.1. The first kappa shape index (κ1) is 14.7. The summed E-state index contributed by atoms with van der Waals surface area (Å²) in [6, 6.07) is 0.651. The summed E-state index contributed by atoms with van der Waals surface area (Å²) in [5, 5.41) is 3.91. The van der Waals surface area contributed by atoms with Crippen LogP contribution >= 0.6 is 0 Å². The molecule has 4 aliphatic rings. The fourth-order valence-corrected chi connectivity index (χ4v) is 6.81. The summed E-state index contributed by atoms with van der Waals surface area (Å²) in [6.07, 6.45) is 13.9. The van der Waals surface area contributed by atoms with Crippen LogP contribution in [0.3, 0.4) is 0 Å². The van der Waals surface area contributed by atoms with Gasteiger partial charge in [-0.3, -0.25) is 4.79 Å². The van der Waals surface area contributed by atoms with Crippen LogP contribution in [0.1, 0.15) is 52.9 Å². The average molecular weight is 299 g/mol. The minimum atomic E-state index is -0.00357. The highest BCUT2D eigenvalue weighted by atomic mass is 16.1. The molecule has 1 aliphatic heterocycles. The summed E-state index contributed by atoms with van der Waals surface area (Å²) in [4.78, 5) is 11.1. The molecule has 2 nitrogen and oxygen atoms in total. The van der Waals surface area contributed by atoms with Crippen molar-refractivity contribution >= 4 is 6.29 Å². The molecule has 3 aliphatic carbocycles. The van der Waals surface area contributed by atoms with Gasteiger partial charge < -0.3 is 5.32 Å². The van der Waals surface area contributed by atoms with E-state index in [1.54, 1.807) is 0 Å². The molecule has 7 atom stereocenters. The van der Waals surface area contributed by atoms with Gasteiger partial charge in [0.05, 0.1) is 5.54 Å². The van der Waals surface area contributed by atoms with E-state index in [2.05, 4.69) is 38.2 Å². The Morgan fingerprint density at radius 1 is 1.27 bits per heavy atom. The van der Waals surface area contributed by atoms with Crippen molar-refractivity contribution in [1.82, 2.24) is 5.32 Å². The molecule has 3 saturated carbocycles. The minimum absolute atomic E-state index is 0.00357. The second-order valence-corrected chi connectivity index (χ2v) is 8.47. The Balaban J connectivity index is 1.74. The fourth-order valence-electron chi connectivity index (χ4n) is 6.81. The van der Waals surface area contributed by atoms with Crippen LogP contribution in [0.15, 0.2) is 23.8 Å². The van der Waals surface area contributed by atoms with Crippen LogP contribution in [-0.2, 0) is 4.79 Å². The second-order valence-electron chi connectivity index (χ2n) is 8.47. The molecule has 4 fully saturated rings. The number of rotatable bonds is 2. The second kappa shape index (κ2) is 4.80. The Bertz CT molecular complexity index is 550. The lowest BCUT2D eigenvalue weighted by atomic mass is 9.44. The Morgan fingerprint density at radius 2 is 2.09 bits per heavy atom. The molecule has 4 rings (SSSR count). The highest BCUT2D eigenvalue weighted by Gasteiger charge is 2.67. The zero-order valence-corrected chi connectivity index (χ0v) is 14.1. The van der Waals surface area contributed by atoms with Crippen molar-refractivity contribution in [3.05, 3.63) is 23.8 Å². The van der Waals surface area contributed by atoms with Gasteiger partial charge >= 0.3 is 0 Å². The molecule has 0 radical (unpaired) electrons. The number of carbonyl (C=O) groups excluding carboxylic acids is 1. The lowest BCUT2D eigenvalue weighted by molar-refractivity contribution is -0.107. The van der Waals surface area contributed by atoms with Gasteiger partial charge in [-0.15, -0.1) is 0 Å². The molecular weight excluding hydrogens is 270 g/mol. The van der Waals surface area contributed by atoms with Crippen LogP contribution in [0.4, 0.5) is 0 Å². The Morgan fingerprint density at radius 3 is 2.82 bits per heavy atom. The summed E-state index contributed by atoms with van der Waals surface area (Å²) < 4.78 is 0. The Kier molecular flexibility index (Phi) is 3.21. The first-order valence-corrected chi connectivity index (χ1v) is 9.13. The van der Waals surface area contributed by atoms with Gasteiger partial charge in [0.25, 0.3) is 0 Å². The SMILES string of the molecule is C/C=C\C12NC3CC4(C)C(C)CCC4C(CC/C1=C/C=O)C32. The largest absolute Gasteiger partial charge is 0.301 e. The van der Waals surface area contributed by atoms with E-state index in [1.807, 2.05) is 6.08 Å². The Hall–Kier alpha value is -0.890. The van der Waals surface area contributed by atoms with E-state index < -0.39 is 0 Å². The van der Waals surface area contributed by atoms with Crippen LogP contribution < -0.4 is 5.32 Å². The predicted octanol–water partition coefficient (Wildman–Crippen LogP) is 3.88. The van der Waals surface area contributed by atoms with Gasteiger partial charge in [0.2, 0.25) is 0 Å². The molecule has 2 heteroatoms. The predicted molar refractivity (Wildman–Crippen MR) is 89.4 cm³/mol. The van der Waals surface area contributed by atoms with Gasteiger partial charge in [-0.05, 0) is 73.8 Å². The number of hydrogen-bond donors (Lipinski definition) is 1. The van der Waals surface area contributed by atoms with Crippen LogP contribution in [0, 0.1) is 29.1 Å². The van der Waals surface area contributed by atoms with Gasteiger partial charge in [-0.1, -0.05) is 26.0 Å². The summed E-state index contributed by atoms with van der Waals surface area (Å²) in [7, 11) is 0. The van der Waals surface area contributed by atoms with Crippen molar-refractivity contribution in [2.75, 3.05) is 0 Å². The van der Waals surface area contributed by atoms with Crippen LogP contribution in [-0.4, -0.2) is 17.9 Å². The number of allylic oxidation sites excluding steroid dienone is 2. The molecule has 0 aromatic heterocycles. The van der Waals surface area contributed by atoms with Gasteiger partial charge in [-0.2, -0.15) is 0 Å². The highest BCUT2D eigenvalue weighted by molar-refractivity contribution is 5.68. The molecule has 1 heterocycles. The molecule has 22 heavy (non-hydrogen) atoms. The summed E-state index contributed by atoms with van der Waals surface area (Å²) in [6.45, 7) is 7.13. The summed E-state index contributed by atoms with van der Waals surface area (Å²) in [5.41, 5.74) is 1.86. The van der Waals surface area contributed by atoms with Crippen molar-refractivity contribution < 1.29 is 4.79 Å². The maximum atomic E-state index is 11.1. The minimum Gasteiger partial charge on any atom is -0.301 e. The van der Waals surface area contributed by atoms with Crippen molar-refractivity contribution in [3.8, 4) is 0 Å². The molecular formula is C20H29NO. The summed E-state index contributed by atoms with van der Waals surface area (Å²) in [5.74, 6) is 3.32. The maximum Gasteiger partial charge on any atom is 0.142 e. The van der Waals surface area contributed by atoms with Gasteiger partial charge in [0, 0.05) is 12.0 Å².